The van der Waals surface area contributed by atoms with E-state index in [9.17, 15) is 5.11 Å². The number of guanidine groups is 1. The van der Waals surface area contributed by atoms with Crippen LogP contribution in [0.4, 0.5) is 0 Å². The maximum absolute atomic E-state index is 10.8. The van der Waals surface area contributed by atoms with Crippen LogP contribution in [0.3, 0.4) is 0 Å². The van der Waals surface area contributed by atoms with E-state index in [1.807, 2.05) is 45.5 Å². The first-order valence-electron chi connectivity index (χ1n) is 8.39. The van der Waals surface area contributed by atoms with Crippen LogP contribution in [-0.4, -0.2) is 34.4 Å². The lowest BCUT2D eigenvalue weighted by atomic mass is 9.96. The van der Waals surface area contributed by atoms with Gasteiger partial charge in [-0.25, -0.2) is 0 Å². The maximum Gasteiger partial charge on any atom is 0.191 e. The number of hydrogen-bond acceptors (Lipinski definition) is 4. The predicted molar refractivity (Wildman–Crippen MR) is 114 cm³/mol. The van der Waals surface area contributed by atoms with Crippen molar-refractivity contribution in [3.63, 3.8) is 0 Å². The third-order valence-corrected chi connectivity index (χ3v) is 4.54. The van der Waals surface area contributed by atoms with Gasteiger partial charge in [0.15, 0.2) is 5.96 Å². The molecule has 3 N–H and O–H groups in total. The fourth-order valence-corrected chi connectivity index (χ4v) is 2.98. The summed E-state index contributed by atoms with van der Waals surface area (Å²) < 4.78 is 7.40. The Bertz CT molecular complexity index is 777. The second-order valence-electron chi connectivity index (χ2n) is 6.65. The van der Waals surface area contributed by atoms with E-state index in [2.05, 4.69) is 20.7 Å². The number of furan rings is 1. The third-order valence-electron chi connectivity index (χ3n) is 4.54. The van der Waals surface area contributed by atoms with Crippen molar-refractivity contribution in [2.24, 2.45) is 12.0 Å². The molecule has 146 valence electrons. The van der Waals surface area contributed by atoms with Crippen molar-refractivity contribution >= 4 is 29.9 Å². The van der Waals surface area contributed by atoms with E-state index in [0.717, 1.165) is 34.0 Å². The number of nitrogens with zero attached hydrogens (tertiary/aromatic N) is 3. The Kier molecular flexibility index (Phi) is 7.70. The summed E-state index contributed by atoms with van der Waals surface area (Å²) in [5, 5.41) is 21.7. The lowest BCUT2D eigenvalue weighted by molar-refractivity contribution is 0.0602. The molecule has 1 unspecified atom stereocenters. The number of aliphatic hydroxyl groups is 1. The van der Waals surface area contributed by atoms with Crippen molar-refractivity contribution < 1.29 is 9.52 Å². The Balaban J connectivity index is 0.00000338. The van der Waals surface area contributed by atoms with Gasteiger partial charge in [0.1, 0.15) is 17.1 Å². The first kappa shape index (κ1) is 22.5. The topological polar surface area (TPSA) is 87.6 Å². The molecule has 0 bridgehead atoms. The molecule has 1 atom stereocenters. The average Bonchev–Trinajstić information content (AvgIpc) is 3.00. The van der Waals surface area contributed by atoms with Crippen molar-refractivity contribution in [2.75, 3.05) is 13.6 Å². The van der Waals surface area contributed by atoms with Crippen molar-refractivity contribution in [2.45, 2.75) is 46.8 Å². The van der Waals surface area contributed by atoms with Gasteiger partial charge in [-0.2, -0.15) is 5.10 Å². The molecular weight excluding hydrogens is 445 g/mol. The summed E-state index contributed by atoms with van der Waals surface area (Å²) in [4.78, 5) is 4.23. The van der Waals surface area contributed by atoms with E-state index in [0.29, 0.717) is 19.0 Å². The normalized spacial score (nSPS) is 13.9. The highest BCUT2D eigenvalue weighted by Crippen LogP contribution is 2.26. The molecule has 2 heterocycles. The van der Waals surface area contributed by atoms with Gasteiger partial charge in [-0.1, -0.05) is 0 Å². The minimum atomic E-state index is -1.06. The molecule has 0 spiro atoms. The maximum atomic E-state index is 10.8. The number of aryl methyl sites for hydroxylation is 4. The first-order valence-corrected chi connectivity index (χ1v) is 8.39. The van der Waals surface area contributed by atoms with Gasteiger partial charge in [-0.05, 0) is 40.7 Å². The monoisotopic (exact) mass is 475 g/mol. The van der Waals surface area contributed by atoms with Crippen LogP contribution in [0.15, 0.2) is 15.5 Å². The van der Waals surface area contributed by atoms with Crippen LogP contribution in [0.1, 0.15) is 41.0 Å². The zero-order valence-corrected chi connectivity index (χ0v) is 18.9. The summed E-state index contributed by atoms with van der Waals surface area (Å²) in [6.07, 6.45) is 0. The Morgan fingerprint density at radius 2 is 1.96 bits per heavy atom. The highest BCUT2D eigenvalue weighted by atomic mass is 127. The Hall–Kier alpha value is -1.55. The average molecular weight is 475 g/mol. The van der Waals surface area contributed by atoms with Crippen LogP contribution in [0.25, 0.3) is 0 Å². The minimum Gasteiger partial charge on any atom is -0.466 e. The molecule has 0 aliphatic carbocycles. The lowest BCUT2D eigenvalue weighted by Gasteiger charge is -2.24. The molecule has 2 rings (SSSR count). The van der Waals surface area contributed by atoms with E-state index in [4.69, 9.17) is 4.42 Å². The molecule has 2 aromatic heterocycles. The summed E-state index contributed by atoms with van der Waals surface area (Å²) in [5.74, 6) is 2.15. The van der Waals surface area contributed by atoms with Gasteiger partial charge < -0.3 is 20.2 Å². The summed E-state index contributed by atoms with van der Waals surface area (Å²) in [6.45, 7) is 10.5. The fraction of sp³-hybridized carbons (Fsp3) is 0.556. The molecule has 0 aromatic carbocycles. The fourth-order valence-electron chi connectivity index (χ4n) is 2.98. The number of nitrogens with one attached hydrogen (secondary N) is 2. The zero-order chi connectivity index (χ0) is 18.8. The Morgan fingerprint density at radius 3 is 2.42 bits per heavy atom. The van der Waals surface area contributed by atoms with E-state index < -0.39 is 5.60 Å². The smallest absolute Gasteiger partial charge is 0.191 e. The van der Waals surface area contributed by atoms with Crippen LogP contribution in [0.5, 0.6) is 0 Å². The molecular formula is C18H30IN5O2. The van der Waals surface area contributed by atoms with Crippen molar-refractivity contribution in [3.8, 4) is 0 Å². The van der Waals surface area contributed by atoms with Crippen molar-refractivity contribution in [1.29, 1.82) is 0 Å². The van der Waals surface area contributed by atoms with Crippen LogP contribution in [0.2, 0.25) is 0 Å². The van der Waals surface area contributed by atoms with Gasteiger partial charge in [0.25, 0.3) is 0 Å². The van der Waals surface area contributed by atoms with Gasteiger partial charge in [-0.15, -0.1) is 24.0 Å². The van der Waals surface area contributed by atoms with Gasteiger partial charge >= 0.3 is 0 Å². The second-order valence-corrected chi connectivity index (χ2v) is 6.65. The molecule has 8 heteroatoms. The second kappa shape index (κ2) is 8.90. The summed E-state index contributed by atoms with van der Waals surface area (Å²) >= 11 is 0. The third kappa shape index (κ3) is 5.00. The Labute approximate surface area is 172 Å². The van der Waals surface area contributed by atoms with Gasteiger partial charge in [0.05, 0.1) is 12.2 Å². The van der Waals surface area contributed by atoms with Gasteiger partial charge in [-0.3, -0.25) is 9.67 Å². The highest BCUT2D eigenvalue weighted by Gasteiger charge is 2.27. The van der Waals surface area contributed by atoms with E-state index >= 15 is 0 Å². The van der Waals surface area contributed by atoms with Crippen LogP contribution >= 0.6 is 24.0 Å². The SMILES string of the molecule is CN=C(NCc1c(C)nn(C)c1C)NCC(C)(O)c1cc(C)oc1C.I. The highest BCUT2D eigenvalue weighted by molar-refractivity contribution is 14.0. The largest absolute Gasteiger partial charge is 0.466 e. The standard InChI is InChI=1S/C18H29N5O2.HI/c1-11-8-16(14(4)25-11)18(5,24)10-21-17(19-6)20-9-15-12(2)22-23(7)13(15)3;/h8,24H,9-10H2,1-7H3,(H2,19,20,21);1H. The van der Waals surface area contributed by atoms with Crippen LogP contribution in [-0.2, 0) is 19.2 Å². The molecule has 0 amide bonds. The first-order chi connectivity index (χ1) is 11.7. The van der Waals surface area contributed by atoms with Crippen LogP contribution < -0.4 is 10.6 Å². The molecule has 0 saturated heterocycles. The molecule has 0 radical (unpaired) electrons. The molecule has 7 nitrogen and oxygen atoms in total. The Morgan fingerprint density at radius 1 is 1.31 bits per heavy atom. The van der Waals surface area contributed by atoms with E-state index in [1.54, 1.807) is 14.0 Å². The molecule has 0 aliphatic heterocycles. The summed E-state index contributed by atoms with van der Waals surface area (Å²) in [6, 6.07) is 1.87. The van der Waals surface area contributed by atoms with E-state index in [1.165, 1.54) is 0 Å². The predicted octanol–water partition coefficient (Wildman–Crippen LogP) is 2.44. The molecule has 0 fully saturated rings. The summed E-state index contributed by atoms with van der Waals surface area (Å²) in [5.41, 5.74) is 3.00. The quantitative estimate of drug-likeness (QED) is 0.352. The molecule has 2 aromatic rings. The molecule has 0 aliphatic rings. The number of aliphatic imine (C=N–C) groups is 1. The lowest BCUT2D eigenvalue weighted by Crippen LogP contribution is -2.44. The van der Waals surface area contributed by atoms with E-state index in [-0.39, 0.29) is 24.0 Å². The molecule has 0 saturated carbocycles. The minimum absolute atomic E-state index is 0. The number of hydrogen-bond donors (Lipinski definition) is 3. The molecule has 26 heavy (non-hydrogen) atoms. The van der Waals surface area contributed by atoms with Gasteiger partial charge in [0.2, 0.25) is 0 Å². The number of aromatic nitrogens is 2. The van der Waals surface area contributed by atoms with Crippen molar-refractivity contribution in [3.05, 3.63) is 40.1 Å². The number of halogens is 1. The van der Waals surface area contributed by atoms with Crippen LogP contribution in [0, 0.1) is 27.7 Å². The zero-order valence-electron chi connectivity index (χ0n) is 16.6. The van der Waals surface area contributed by atoms with Crippen molar-refractivity contribution in [1.82, 2.24) is 20.4 Å². The summed E-state index contributed by atoms with van der Waals surface area (Å²) in [7, 11) is 3.64. The van der Waals surface area contributed by atoms with Gasteiger partial charge in [0, 0.05) is 37.5 Å². The number of rotatable bonds is 5.